The summed E-state index contributed by atoms with van der Waals surface area (Å²) in [5.41, 5.74) is 2.11. The highest BCUT2D eigenvalue weighted by Crippen LogP contribution is 2.45. The van der Waals surface area contributed by atoms with E-state index in [-0.39, 0.29) is 40.3 Å². The summed E-state index contributed by atoms with van der Waals surface area (Å²) < 4.78 is 21.9. The molecule has 0 radical (unpaired) electrons. The Morgan fingerprint density at radius 1 is 1.02 bits per heavy atom. The van der Waals surface area contributed by atoms with Gasteiger partial charge in [0.1, 0.15) is 11.9 Å². The van der Waals surface area contributed by atoms with E-state index in [0.717, 1.165) is 40.1 Å². The van der Waals surface area contributed by atoms with Gasteiger partial charge < -0.3 is 13.6 Å². The van der Waals surface area contributed by atoms with E-state index in [2.05, 4.69) is 112 Å². The third kappa shape index (κ3) is 10.8. The van der Waals surface area contributed by atoms with Gasteiger partial charge in [-0.25, -0.2) is 4.98 Å². The number of aromatic nitrogens is 1. The molecular weight excluding hydrogens is 687 g/mol. The van der Waals surface area contributed by atoms with E-state index >= 15 is 4.79 Å². The number of ketones is 1. The van der Waals surface area contributed by atoms with Gasteiger partial charge in [-0.3, -0.25) is 9.59 Å². The summed E-state index contributed by atoms with van der Waals surface area (Å²) in [6, 6.07) is 6.19. The van der Waals surface area contributed by atoms with Gasteiger partial charge in [-0.1, -0.05) is 86.1 Å². The van der Waals surface area contributed by atoms with Gasteiger partial charge in [0, 0.05) is 17.8 Å². The van der Waals surface area contributed by atoms with Crippen LogP contribution >= 0.6 is 11.3 Å². The number of esters is 1. The normalized spacial score (nSPS) is 26.4. The predicted molar refractivity (Wildman–Crippen MR) is 220 cm³/mol. The lowest BCUT2D eigenvalue weighted by Crippen LogP contribution is -2.55. The fourth-order valence-corrected chi connectivity index (χ4v) is 10.1. The first-order valence-electron chi connectivity index (χ1n) is 19.0. The molecule has 0 amide bonds. The molecular formula is C42H69NO5SSi2. The number of carbonyl (C=O) groups excluding carboxylic acids is 2. The summed E-state index contributed by atoms with van der Waals surface area (Å²) in [5.74, 6) is -0.567. The maximum Gasteiger partial charge on any atom is 0.309 e. The van der Waals surface area contributed by atoms with Gasteiger partial charge in [0.05, 0.1) is 33.9 Å². The number of cyclic esters (lactones) is 1. The molecule has 2 aromatic rings. The molecule has 0 saturated carbocycles. The van der Waals surface area contributed by atoms with Crippen molar-refractivity contribution in [2.45, 2.75) is 169 Å². The molecule has 0 N–H and O–H groups in total. The second-order valence-corrected chi connectivity index (χ2v) is 29.5. The second kappa shape index (κ2) is 16.6. The molecule has 0 bridgehead atoms. The first kappa shape index (κ1) is 43.5. The highest BCUT2D eigenvalue weighted by Gasteiger charge is 2.51. The lowest BCUT2D eigenvalue weighted by Gasteiger charge is -2.47. The van der Waals surface area contributed by atoms with Crippen LogP contribution in [0.15, 0.2) is 42.5 Å². The number of nitrogens with zero attached hydrogens (tertiary/aromatic N) is 1. The summed E-state index contributed by atoms with van der Waals surface area (Å²) in [4.78, 5) is 34.1. The third-order valence-corrected chi connectivity index (χ3v) is 22.0. The van der Waals surface area contributed by atoms with Gasteiger partial charge in [0.15, 0.2) is 16.6 Å². The van der Waals surface area contributed by atoms with Crippen molar-refractivity contribution < 1.29 is 23.2 Å². The van der Waals surface area contributed by atoms with Crippen LogP contribution in [-0.4, -0.2) is 45.6 Å². The minimum absolute atomic E-state index is 0.0181. The maximum absolute atomic E-state index is 15.2. The van der Waals surface area contributed by atoms with Crippen LogP contribution in [0.1, 0.15) is 124 Å². The standard InChI is InChI=1S/C42H69NO5SSi2/c1-17-19-32-38(48-51(15,16)41(8,9)10)29(3)21-18-20-28(2)22-24-34(31-23-25-35-33(26-31)43-30(4)49-35)46-37(44)27-36(42(11,12)39(32)45)47-50(13,14)40(5,6)7/h17,22-23,25-26,29,32,34,36,38H,1,18-21,24,27H2,2-16H3/b28-22-/t29-,32+,34-,36-,38-/m0/s1. The van der Waals surface area contributed by atoms with Crippen LogP contribution in [0.3, 0.4) is 0 Å². The number of carbonyl (C=O) groups is 2. The average molecular weight is 756 g/mol. The van der Waals surface area contributed by atoms with Crippen LogP contribution in [0.5, 0.6) is 0 Å². The Morgan fingerprint density at radius 3 is 2.22 bits per heavy atom. The number of hydrogen-bond acceptors (Lipinski definition) is 7. The molecule has 5 atom stereocenters. The van der Waals surface area contributed by atoms with E-state index in [1.54, 1.807) is 11.3 Å². The van der Waals surface area contributed by atoms with Crippen LogP contribution in [0, 0.1) is 24.2 Å². The number of thiazole rings is 1. The van der Waals surface area contributed by atoms with E-state index in [1.807, 2.05) is 26.8 Å². The molecule has 0 fully saturated rings. The van der Waals surface area contributed by atoms with Gasteiger partial charge in [-0.05, 0) is 99.4 Å². The molecule has 51 heavy (non-hydrogen) atoms. The Balaban J connectivity index is 2.18. The number of ether oxygens (including phenoxy) is 1. The van der Waals surface area contributed by atoms with Crippen molar-refractivity contribution in [2.24, 2.45) is 17.3 Å². The van der Waals surface area contributed by atoms with Crippen molar-refractivity contribution in [3.8, 4) is 0 Å². The Labute approximate surface area is 316 Å². The maximum atomic E-state index is 15.2. The number of hydrogen-bond donors (Lipinski definition) is 0. The van der Waals surface area contributed by atoms with E-state index in [9.17, 15) is 4.79 Å². The van der Waals surface area contributed by atoms with Crippen LogP contribution in [-0.2, 0) is 23.2 Å². The first-order chi connectivity index (χ1) is 23.3. The monoisotopic (exact) mass is 755 g/mol. The molecule has 9 heteroatoms. The van der Waals surface area contributed by atoms with Crippen molar-refractivity contribution in [1.82, 2.24) is 4.98 Å². The minimum Gasteiger partial charge on any atom is -0.457 e. The quantitative estimate of drug-likeness (QED) is 0.159. The molecule has 1 aromatic carbocycles. The highest BCUT2D eigenvalue weighted by molar-refractivity contribution is 7.18. The number of rotatable bonds is 7. The van der Waals surface area contributed by atoms with Gasteiger partial charge in [0.25, 0.3) is 0 Å². The molecule has 6 nitrogen and oxygen atoms in total. The van der Waals surface area contributed by atoms with E-state index in [1.165, 1.54) is 5.57 Å². The Hall–Kier alpha value is -1.92. The summed E-state index contributed by atoms with van der Waals surface area (Å²) in [5, 5.41) is 0.863. The van der Waals surface area contributed by atoms with Crippen LogP contribution in [0.4, 0.5) is 0 Å². The topological polar surface area (TPSA) is 74.7 Å². The van der Waals surface area contributed by atoms with Crippen LogP contribution in [0.2, 0.25) is 36.3 Å². The fraction of sp³-hybridized carbons (Fsp3) is 0.690. The highest BCUT2D eigenvalue weighted by atomic mass is 32.1. The van der Waals surface area contributed by atoms with Crippen molar-refractivity contribution in [3.05, 3.63) is 53.1 Å². The average Bonchev–Trinajstić information content (AvgIpc) is 3.37. The Bertz CT molecular complexity index is 1560. The third-order valence-electron chi connectivity index (χ3n) is 12.1. The molecule has 1 aliphatic rings. The SMILES string of the molecule is C=CC[C@H]1C(=O)C(C)(C)[C@@H](O[Si](C)(C)C(C)(C)C)CC(=O)O[C@H](c2ccc3sc(C)nc3c2)C/C=C(/C)CCC[C@H](C)[C@@H]1O[Si](C)(C)C(C)(C)C. The molecule has 1 aromatic heterocycles. The van der Waals surface area contributed by atoms with E-state index in [4.69, 9.17) is 18.6 Å². The van der Waals surface area contributed by atoms with Crippen molar-refractivity contribution >= 4 is 49.9 Å². The summed E-state index contributed by atoms with van der Waals surface area (Å²) in [7, 11) is -4.70. The summed E-state index contributed by atoms with van der Waals surface area (Å²) >= 11 is 1.66. The minimum atomic E-state index is -2.44. The predicted octanol–water partition coefficient (Wildman–Crippen LogP) is 12.3. The van der Waals surface area contributed by atoms with Gasteiger partial charge in [-0.15, -0.1) is 17.9 Å². The molecule has 3 rings (SSSR count). The Kier molecular flexibility index (Phi) is 14.2. The molecule has 1 aliphatic heterocycles. The van der Waals surface area contributed by atoms with Crippen molar-refractivity contribution in [3.63, 3.8) is 0 Å². The molecule has 0 saturated heterocycles. The fourth-order valence-electron chi connectivity index (χ4n) is 6.44. The summed E-state index contributed by atoms with van der Waals surface area (Å²) in [6.07, 6.45) is 6.55. The smallest absolute Gasteiger partial charge is 0.309 e. The lowest BCUT2D eigenvalue weighted by atomic mass is 9.71. The number of benzene rings is 1. The van der Waals surface area contributed by atoms with Crippen LogP contribution < -0.4 is 0 Å². The Morgan fingerprint density at radius 2 is 1.63 bits per heavy atom. The van der Waals surface area contributed by atoms with Gasteiger partial charge >= 0.3 is 5.97 Å². The van der Waals surface area contributed by atoms with E-state index in [0.29, 0.717) is 12.8 Å². The van der Waals surface area contributed by atoms with E-state index < -0.39 is 40.2 Å². The largest absolute Gasteiger partial charge is 0.457 e. The van der Waals surface area contributed by atoms with Crippen molar-refractivity contribution in [2.75, 3.05) is 0 Å². The number of fused-ring (bicyclic) bond motifs is 1. The zero-order chi connectivity index (χ0) is 38.7. The molecule has 0 unspecified atom stereocenters. The van der Waals surface area contributed by atoms with Crippen molar-refractivity contribution in [1.29, 1.82) is 0 Å². The molecule has 0 spiro atoms. The number of allylic oxidation sites excluding steroid dienone is 2. The first-order valence-corrected chi connectivity index (χ1v) is 25.7. The van der Waals surface area contributed by atoms with Gasteiger partial charge in [-0.2, -0.15) is 0 Å². The zero-order valence-corrected chi connectivity index (χ0v) is 37.4. The molecule has 0 aliphatic carbocycles. The number of aryl methyl sites for hydroxylation is 1. The lowest BCUT2D eigenvalue weighted by molar-refractivity contribution is -0.155. The van der Waals surface area contributed by atoms with Crippen LogP contribution in [0.25, 0.3) is 10.2 Å². The second-order valence-electron chi connectivity index (χ2n) is 18.7. The zero-order valence-electron chi connectivity index (χ0n) is 34.6. The molecule has 286 valence electrons. The van der Waals surface area contributed by atoms with Gasteiger partial charge in [0.2, 0.25) is 0 Å². The number of Topliss-reactive ketones (excluding diaryl/α,β-unsaturated/α-hetero) is 1. The molecule has 2 heterocycles. The summed E-state index contributed by atoms with van der Waals surface area (Å²) in [6.45, 7) is 36.7.